The van der Waals surface area contributed by atoms with E-state index in [0.29, 0.717) is 26.3 Å². The highest BCUT2D eigenvalue weighted by molar-refractivity contribution is 7.20. The monoisotopic (exact) mass is 489 g/mol. The van der Waals surface area contributed by atoms with Crippen LogP contribution < -0.4 is 16.2 Å². The molecule has 0 saturated heterocycles. The van der Waals surface area contributed by atoms with Crippen LogP contribution >= 0.6 is 11.3 Å². The number of nitriles is 1. The number of aromatic nitrogens is 4. The molecule has 4 rings (SSSR count). The van der Waals surface area contributed by atoms with Gasteiger partial charge in [-0.3, -0.25) is 23.6 Å². The van der Waals surface area contributed by atoms with Gasteiger partial charge in [0.2, 0.25) is 5.91 Å². The summed E-state index contributed by atoms with van der Waals surface area (Å²) >= 11 is 1.13. The molecule has 0 aliphatic carbocycles. The highest BCUT2D eigenvalue weighted by atomic mass is 32.1. The van der Waals surface area contributed by atoms with Crippen LogP contribution in [-0.2, 0) is 11.8 Å². The van der Waals surface area contributed by atoms with Crippen molar-refractivity contribution in [1.29, 1.82) is 5.26 Å². The van der Waals surface area contributed by atoms with Gasteiger partial charge in [-0.05, 0) is 44.9 Å². The highest BCUT2D eigenvalue weighted by Crippen LogP contribution is 2.29. The summed E-state index contributed by atoms with van der Waals surface area (Å²) in [6, 6.07) is 6.78. The molecule has 2 amide bonds. The number of carbonyl (C=O) groups is 2. The number of thiophene rings is 1. The van der Waals surface area contributed by atoms with Gasteiger partial charge in [0.1, 0.15) is 28.3 Å². The summed E-state index contributed by atoms with van der Waals surface area (Å²) in [5, 5.41) is 19.0. The fourth-order valence-electron chi connectivity index (χ4n) is 3.78. The first-order chi connectivity index (χ1) is 16.6. The number of hydrogen-bond donors (Lipinski definition) is 2. The van der Waals surface area contributed by atoms with Crippen LogP contribution in [-0.4, -0.2) is 31.1 Å². The van der Waals surface area contributed by atoms with Gasteiger partial charge >= 0.3 is 0 Å². The molecule has 1 atom stereocenters. The lowest BCUT2D eigenvalue weighted by Crippen LogP contribution is -2.32. The van der Waals surface area contributed by atoms with E-state index in [9.17, 15) is 19.6 Å². The van der Waals surface area contributed by atoms with Gasteiger partial charge in [-0.2, -0.15) is 10.4 Å². The van der Waals surface area contributed by atoms with E-state index in [-0.39, 0.29) is 17.3 Å². The van der Waals surface area contributed by atoms with Crippen LogP contribution in [0.3, 0.4) is 0 Å². The maximum atomic E-state index is 13.3. The molecule has 0 spiro atoms. The Kier molecular flexibility index (Phi) is 6.24. The molecule has 0 fully saturated rings. The van der Waals surface area contributed by atoms with Crippen LogP contribution in [0, 0.1) is 32.1 Å². The molecule has 0 aliphatic rings. The first-order valence-corrected chi connectivity index (χ1v) is 11.6. The maximum Gasteiger partial charge on any atom is 0.266 e. The number of amides is 2. The molecule has 1 aromatic carbocycles. The largest absolute Gasteiger partial charge is 0.321 e. The summed E-state index contributed by atoms with van der Waals surface area (Å²) < 4.78 is 2.59. The number of benzene rings is 1. The highest BCUT2D eigenvalue weighted by Gasteiger charge is 2.24. The third-order valence-corrected chi connectivity index (χ3v) is 7.01. The van der Waals surface area contributed by atoms with Gasteiger partial charge in [-0.25, -0.2) is 4.98 Å². The standard InChI is InChI=1S/C24H23N7O3S/c1-12-6-7-17(13(2)8-12)28-22(33)19-14(3)18-23(35-19)26-11-31(24(18)34)15(4)21(32)29-20-16(9-25)10-27-30(20)5/h6-8,10-11,15H,1-5H3,(H,28,33)(H,29,32). The van der Waals surface area contributed by atoms with Crippen LogP contribution in [0.15, 0.2) is 35.5 Å². The number of rotatable bonds is 5. The van der Waals surface area contributed by atoms with Crippen molar-refractivity contribution in [2.45, 2.75) is 33.7 Å². The number of fused-ring (bicyclic) bond motifs is 1. The average Bonchev–Trinajstić information content (AvgIpc) is 3.35. The first kappa shape index (κ1) is 23.8. The second-order valence-corrected chi connectivity index (χ2v) is 9.27. The Morgan fingerprint density at radius 2 is 1.94 bits per heavy atom. The Labute approximate surface area is 204 Å². The Morgan fingerprint density at radius 1 is 1.20 bits per heavy atom. The number of nitrogens with zero attached hydrogens (tertiary/aromatic N) is 5. The van der Waals surface area contributed by atoms with Gasteiger partial charge in [0.25, 0.3) is 11.5 Å². The minimum absolute atomic E-state index is 0.210. The summed E-state index contributed by atoms with van der Waals surface area (Å²) in [7, 11) is 1.60. The van der Waals surface area contributed by atoms with Crippen LogP contribution in [0.4, 0.5) is 11.5 Å². The third-order valence-electron chi connectivity index (χ3n) is 5.81. The van der Waals surface area contributed by atoms with Gasteiger partial charge in [0.05, 0.1) is 22.8 Å². The third kappa shape index (κ3) is 4.31. The number of hydrogen-bond acceptors (Lipinski definition) is 7. The number of nitrogens with one attached hydrogen (secondary N) is 2. The summed E-state index contributed by atoms with van der Waals surface area (Å²) in [6.07, 6.45) is 2.64. The predicted molar refractivity (Wildman–Crippen MR) is 134 cm³/mol. The molecule has 0 bridgehead atoms. The van der Waals surface area contributed by atoms with Crippen LogP contribution in [0.2, 0.25) is 0 Å². The lowest BCUT2D eigenvalue weighted by atomic mass is 10.1. The fraction of sp³-hybridized carbons (Fsp3) is 0.250. The molecule has 3 heterocycles. The van der Waals surface area contributed by atoms with E-state index in [1.165, 1.54) is 21.8 Å². The minimum atomic E-state index is -0.923. The number of anilines is 2. The summed E-state index contributed by atoms with van der Waals surface area (Å²) in [5.41, 5.74) is 3.01. The van der Waals surface area contributed by atoms with Gasteiger partial charge in [0, 0.05) is 12.7 Å². The molecule has 0 radical (unpaired) electrons. The topological polar surface area (TPSA) is 135 Å². The smallest absolute Gasteiger partial charge is 0.266 e. The van der Waals surface area contributed by atoms with E-state index in [0.717, 1.165) is 22.5 Å². The molecule has 4 aromatic rings. The lowest BCUT2D eigenvalue weighted by Gasteiger charge is -2.15. The van der Waals surface area contributed by atoms with Crippen LogP contribution in [0.5, 0.6) is 0 Å². The second kappa shape index (κ2) is 9.15. The molecular formula is C24H23N7O3S. The summed E-state index contributed by atoms with van der Waals surface area (Å²) in [5.74, 6) is -0.591. The molecule has 178 valence electrons. The van der Waals surface area contributed by atoms with Gasteiger partial charge < -0.3 is 10.6 Å². The summed E-state index contributed by atoms with van der Waals surface area (Å²) in [6.45, 7) is 7.15. The zero-order valence-corrected chi connectivity index (χ0v) is 20.6. The summed E-state index contributed by atoms with van der Waals surface area (Å²) in [4.78, 5) is 44.3. The molecule has 11 heteroatoms. The van der Waals surface area contributed by atoms with E-state index < -0.39 is 17.5 Å². The number of aryl methyl sites for hydroxylation is 4. The van der Waals surface area contributed by atoms with E-state index in [1.54, 1.807) is 20.9 Å². The molecule has 0 aliphatic heterocycles. The first-order valence-electron chi connectivity index (χ1n) is 10.7. The van der Waals surface area contributed by atoms with Crippen molar-refractivity contribution in [2.75, 3.05) is 10.6 Å². The molecule has 3 aromatic heterocycles. The Balaban J connectivity index is 1.65. The van der Waals surface area contributed by atoms with E-state index in [1.807, 2.05) is 38.1 Å². The molecule has 10 nitrogen and oxygen atoms in total. The Hall–Kier alpha value is -4.30. The zero-order chi connectivity index (χ0) is 25.4. The van der Waals surface area contributed by atoms with Gasteiger partial charge in [0.15, 0.2) is 0 Å². The predicted octanol–water partition coefficient (Wildman–Crippen LogP) is 3.44. The molecule has 2 N–H and O–H groups in total. The fourth-order valence-corrected chi connectivity index (χ4v) is 4.81. The lowest BCUT2D eigenvalue weighted by molar-refractivity contribution is -0.118. The van der Waals surface area contributed by atoms with Crippen LogP contribution in [0.25, 0.3) is 10.2 Å². The van der Waals surface area contributed by atoms with E-state index >= 15 is 0 Å². The van der Waals surface area contributed by atoms with Crippen molar-refractivity contribution in [1.82, 2.24) is 19.3 Å². The van der Waals surface area contributed by atoms with Crippen LogP contribution in [0.1, 0.15) is 44.9 Å². The normalized spacial score (nSPS) is 11.8. The van der Waals surface area contributed by atoms with Gasteiger partial charge in [-0.1, -0.05) is 17.7 Å². The maximum absolute atomic E-state index is 13.3. The number of carbonyl (C=O) groups excluding carboxylic acids is 2. The SMILES string of the molecule is Cc1ccc(NC(=O)c2sc3ncn(C(C)C(=O)Nc4c(C#N)cnn4C)c(=O)c3c2C)c(C)c1. The van der Waals surface area contributed by atoms with Crippen molar-refractivity contribution in [3.05, 3.63) is 68.2 Å². The van der Waals surface area contributed by atoms with Crippen molar-refractivity contribution in [3.63, 3.8) is 0 Å². The van der Waals surface area contributed by atoms with Crippen molar-refractivity contribution < 1.29 is 9.59 Å². The van der Waals surface area contributed by atoms with E-state index in [4.69, 9.17) is 0 Å². The Morgan fingerprint density at radius 3 is 2.63 bits per heavy atom. The Bertz CT molecular complexity index is 1590. The molecule has 1 unspecified atom stereocenters. The quantitative estimate of drug-likeness (QED) is 0.441. The zero-order valence-electron chi connectivity index (χ0n) is 19.8. The average molecular weight is 490 g/mol. The molecule has 0 saturated carbocycles. The molecular weight excluding hydrogens is 466 g/mol. The minimum Gasteiger partial charge on any atom is -0.321 e. The van der Waals surface area contributed by atoms with Crippen molar-refractivity contribution in [2.24, 2.45) is 7.05 Å². The van der Waals surface area contributed by atoms with E-state index in [2.05, 4.69) is 20.7 Å². The van der Waals surface area contributed by atoms with Crippen molar-refractivity contribution in [3.8, 4) is 6.07 Å². The van der Waals surface area contributed by atoms with Gasteiger partial charge in [-0.15, -0.1) is 11.3 Å². The van der Waals surface area contributed by atoms with Crippen molar-refractivity contribution >= 4 is 44.9 Å². The molecule has 35 heavy (non-hydrogen) atoms. The second-order valence-electron chi connectivity index (χ2n) is 8.27.